The molecule has 0 bridgehead atoms. The van der Waals surface area contributed by atoms with Gasteiger partial charge in [-0.05, 0) is 43.2 Å². The molecule has 0 aliphatic heterocycles. The van der Waals surface area contributed by atoms with E-state index in [1.165, 1.54) is 13.2 Å². The number of benzene rings is 1. The van der Waals surface area contributed by atoms with Crippen LogP contribution in [0.3, 0.4) is 0 Å². The van der Waals surface area contributed by atoms with Gasteiger partial charge < -0.3 is 14.6 Å². The molecule has 0 unspecified atom stereocenters. The summed E-state index contributed by atoms with van der Waals surface area (Å²) in [6.45, 7) is 7.04. The molecule has 2 rings (SSSR count). The smallest absolute Gasteiger partial charge is 0.330 e. The number of nitrogens with zero attached hydrogens (tertiary/aromatic N) is 2. The van der Waals surface area contributed by atoms with Crippen molar-refractivity contribution in [2.75, 3.05) is 20.2 Å². The Hall–Kier alpha value is -2.40. The summed E-state index contributed by atoms with van der Waals surface area (Å²) >= 11 is 0. The molecule has 0 saturated carbocycles. The zero-order valence-electron chi connectivity index (χ0n) is 16.0. The van der Waals surface area contributed by atoms with Gasteiger partial charge in [-0.15, -0.1) is 0 Å². The van der Waals surface area contributed by atoms with Crippen LogP contribution in [0.2, 0.25) is 0 Å². The number of methoxy groups -OCH3 is 1. The monoisotopic (exact) mass is 355 g/mol. The lowest BCUT2D eigenvalue weighted by atomic mass is 10.2. The normalized spacial score (nSPS) is 11.8. The summed E-state index contributed by atoms with van der Waals surface area (Å²) in [4.78, 5) is 16.1. The number of likely N-dealkylation sites (N-methyl/N-ethyl adjacent to an activating group) is 1. The summed E-state index contributed by atoms with van der Waals surface area (Å²) in [6.07, 6.45) is 10.6. The van der Waals surface area contributed by atoms with Crippen LogP contribution in [0.5, 0.6) is 0 Å². The predicted octanol–water partition coefficient (Wildman–Crippen LogP) is 3.73. The molecule has 1 heterocycles. The number of ether oxygens (including phenoxy) is 1. The number of esters is 1. The lowest BCUT2D eigenvalue weighted by Gasteiger charge is -2.09. The largest absolute Gasteiger partial charge is 0.466 e. The second-order valence-corrected chi connectivity index (χ2v) is 6.06. The van der Waals surface area contributed by atoms with Crippen molar-refractivity contribution in [2.45, 2.75) is 39.7 Å². The van der Waals surface area contributed by atoms with Crippen molar-refractivity contribution >= 4 is 23.1 Å². The first kappa shape index (κ1) is 19.9. The SMILES string of the molecule is CC/C=C\CCc1nc2cc(/C=C/C(=O)OC)ccc2n1CCNCC. The minimum atomic E-state index is -0.357. The fourth-order valence-electron chi connectivity index (χ4n) is 2.84. The van der Waals surface area contributed by atoms with Gasteiger partial charge in [0.05, 0.1) is 18.1 Å². The van der Waals surface area contributed by atoms with E-state index >= 15 is 0 Å². The van der Waals surface area contributed by atoms with E-state index in [1.54, 1.807) is 6.08 Å². The molecule has 0 aliphatic rings. The van der Waals surface area contributed by atoms with Crippen molar-refractivity contribution in [1.29, 1.82) is 0 Å². The third-order valence-electron chi connectivity index (χ3n) is 4.16. The summed E-state index contributed by atoms with van der Waals surface area (Å²) in [5.74, 6) is 0.748. The second-order valence-electron chi connectivity index (χ2n) is 6.06. The van der Waals surface area contributed by atoms with Crippen molar-refractivity contribution < 1.29 is 9.53 Å². The van der Waals surface area contributed by atoms with Crippen molar-refractivity contribution in [3.8, 4) is 0 Å². The van der Waals surface area contributed by atoms with Gasteiger partial charge in [0.15, 0.2) is 0 Å². The van der Waals surface area contributed by atoms with E-state index in [2.05, 4.69) is 46.7 Å². The van der Waals surface area contributed by atoms with Gasteiger partial charge in [-0.25, -0.2) is 9.78 Å². The fraction of sp³-hybridized carbons (Fsp3) is 0.429. The maximum absolute atomic E-state index is 11.3. The molecule has 0 fully saturated rings. The standard InChI is InChI=1S/C21H29N3O2/c1-4-6-7-8-9-20-23-18-16-17(11-13-21(25)26-3)10-12-19(18)24(20)15-14-22-5-2/h6-7,10-13,16,22H,4-5,8-9,14-15H2,1-3H3/b7-6-,13-11+. The highest BCUT2D eigenvalue weighted by molar-refractivity contribution is 5.88. The minimum absolute atomic E-state index is 0.357. The Kier molecular flexibility index (Phi) is 8.09. The maximum atomic E-state index is 11.3. The van der Waals surface area contributed by atoms with E-state index in [1.807, 2.05) is 12.1 Å². The quantitative estimate of drug-likeness (QED) is 0.305. The third kappa shape index (κ3) is 5.56. The highest BCUT2D eigenvalue weighted by atomic mass is 16.5. The molecule has 1 aromatic carbocycles. The molecule has 0 radical (unpaired) electrons. The summed E-state index contributed by atoms with van der Waals surface area (Å²) in [6, 6.07) is 6.11. The molecule has 1 N–H and O–H groups in total. The fourth-order valence-corrected chi connectivity index (χ4v) is 2.84. The summed E-state index contributed by atoms with van der Waals surface area (Å²) in [5, 5.41) is 3.38. The Bertz CT molecular complexity index is 775. The van der Waals surface area contributed by atoms with Crippen LogP contribution >= 0.6 is 0 Å². The predicted molar refractivity (Wildman–Crippen MR) is 107 cm³/mol. The van der Waals surface area contributed by atoms with Gasteiger partial charge in [-0.3, -0.25) is 0 Å². The lowest BCUT2D eigenvalue weighted by molar-refractivity contribution is -0.134. The second kappa shape index (κ2) is 10.6. The molecular weight excluding hydrogens is 326 g/mol. The van der Waals surface area contributed by atoms with Gasteiger partial charge in [0.2, 0.25) is 0 Å². The molecule has 1 aromatic heterocycles. The molecule has 0 aliphatic carbocycles. The van der Waals surface area contributed by atoms with Gasteiger partial charge >= 0.3 is 5.97 Å². The number of imidazole rings is 1. The number of aromatic nitrogens is 2. The molecule has 0 amide bonds. The molecule has 0 spiro atoms. The van der Waals surface area contributed by atoms with Crippen molar-refractivity contribution in [3.63, 3.8) is 0 Å². The highest BCUT2D eigenvalue weighted by Crippen LogP contribution is 2.20. The van der Waals surface area contributed by atoms with Gasteiger partial charge in [0, 0.05) is 25.6 Å². The number of rotatable bonds is 10. The van der Waals surface area contributed by atoms with E-state index in [0.717, 1.165) is 61.3 Å². The minimum Gasteiger partial charge on any atom is -0.466 e. The van der Waals surface area contributed by atoms with Crippen LogP contribution in [0.1, 0.15) is 38.1 Å². The number of allylic oxidation sites excluding steroid dienone is 2. The topological polar surface area (TPSA) is 56.1 Å². The van der Waals surface area contributed by atoms with Crippen LogP contribution in [0.25, 0.3) is 17.1 Å². The van der Waals surface area contributed by atoms with Gasteiger partial charge in [0.1, 0.15) is 5.82 Å². The lowest BCUT2D eigenvalue weighted by Crippen LogP contribution is -2.20. The number of hydrogen-bond acceptors (Lipinski definition) is 4. The van der Waals surface area contributed by atoms with E-state index in [0.29, 0.717) is 0 Å². The van der Waals surface area contributed by atoms with Crippen LogP contribution in [0.15, 0.2) is 36.4 Å². The summed E-state index contributed by atoms with van der Waals surface area (Å²) < 4.78 is 6.94. The zero-order valence-corrected chi connectivity index (χ0v) is 16.0. The first-order chi connectivity index (χ1) is 12.7. The van der Waals surface area contributed by atoms with Crippen LogP contribution in [-0.4, -0.2) is 35.7 Å². The molecular formula is C21H29N3O2. The Morgan fingerprint density at radius 3 is 2.88 bits per heavy atom. The molecule has 2 aromatic rings. The molecule has 0 atom stereocenters. The summed E-state index contributed by atoms with van der Waals surface area (Å²) in [7, 11) is 1.38. The first-order valence-electron chi connectivity index (χ1n) is 9.30. The first-order valence-corrected chi connectivity index (χ1v) is 9.30. The third-order valence-corrected chi connectivity index (χ3v) is 4.16. The molecule has 5 heteroatoms. The van der Waals surface area contributed by atoms with Crippen molar-refractivity contribution in [3.05, 3.63) is 47.8 Å². The van der Waals surface area contributed by atoms with Crippen molar-refractivity contribution in [2.24, 2.45) is 0 Å². The maximum Gasteiger partial charge on any atom is 0.330 e. The Morgan fingerprint density at radius 2 is 2.15 bits per heavy atom. The number of hydrogen-bond donors (Lipinski definition) is 1. The number of fused-ring (bicyclic) bond motifs is 1. The Labute approximate surface area is 155 Å². The van der Waals surface area contributed by atoms with Crippen molar-refractivity contribution in [1.82, 2.24) is 14.9 Å². The number of aryl methyl sites for hydroxylation is 1. The van der Waals surface area contributed by atoms with Crippen LogP contribution in [0, 0.1) is 0 Å². The van der Waals surface area contributed by atoms with E-state index in [4.69, 9.17) is 4.98 Å². The average Bonchev–Trinajstić information content (AvgIpc) is 3.00. The summed E-state index contributed by atoms with van der Waals surface area (Å²) in [5.41, 5.74) is 3.03. The van der Waals surface area contributed by atoms with Crippen LogP contribution in [-0.2, 0) is 22.5 Å². The molecule has 5 nitrogen and oxygen atoms in total. The van der Waals surface area contributed by atoms with Gasteiger partial charge in [0.25, 0.3) is 0 Å². The van der Waals surface area contributed by atoms with E-state index in [-0.39, 0.29) is 5.97 Å². The zero-order chi connectivity index (χ0) is 18.8. The van der Waals surface area contributed by atoms with Gasteiger partial charge in [-0.2, -0.15) is 0 Å². The number of nitrogens with one attached hydrogen (secondary N) is 1. The van der Waals surface area contributed by atoms with Crippen LogP contribution in [0.4, 0.5) is 0 Å². The Morgan fingerprint density at radius 1 is 1.31 bits per heavy atom. The number of carbonyl (C=O) groups is 1. The van der Waals surface area contributed by atoms with E-state index in [9.17, 15) is 4.79 Å². The molecule has 140 valence electrons. The molecule has 26 heavy (non-hydrogen) atoms. The van der Waals surface area contributed by atoms with Crippen LogP contribution < -0.4 is 5.32 Å². The van der Waals surface area contributed by atoms with Gasteiger partial charge in [-0.1, -0.05) is 32.1 Å². The number of carbonyl (C=O) groups excluding carboxylic acids is 1. The molecule has 0 saturated heterocycles. The highest BCUT2D eigenvalue weighted by Gasteiger charge is 2.10. The average molecular weight is 355 g/mol. The van der Waals surface area contributed by atoms with E-state index < -0.39 is 0 Å². The Balaban J connectivity index is 2.28.